The minimum absolute atomic E-state index is 0. The Kier molecular flexibility index (Phi) is 5.36. The second-order valence-electron chi connectivity index (χ2n) is 3.09. The predicted molar refractivity (Wildman–Crippen MR) is 50.6 cm³/mol. The summed E-state index contributed by atoms with van der Waals surface area (Å²) >= 11 is 0. The Hall–Kier alpha value is -0.190. The molecule has 0 aromatic carbocycles. The highest BCUT2D eigenvalue weighted by atomic mass is 35.5. The lowest BCUT2D eigenvalue weighted by atomic mass is 9.85. The van der Waals surface area contributed by atoms with Gasteiger partial charge in [-0.05, 0) is 18.8 Å². The van der Waals surface area contributed by atoms with E-state index in [1.54, 1.807) is 0 Å². The fraction of sp³-hybridized carbons (Fsp3) is 0.778. The quantitative estimate of drug-likeness (QED) is 0.603. The van der Waals surface area contributed by atoms with Crippen molar-refractivity contribution in [3.63, 3.8) is 0 Å². The van der Waals surface area contributed by atoms with Crippen LogP contribution >= 0.6 is 12.4 Å². The molecule has 0 radical (unpaired) electrons. The van der Waals surface area contributed by atoms with Gasteiger partial charge in [-0.3, -0.25) is 0 Å². The Bertz CT molecular complexity index is 133. The van der Waals surface area contributed by atoms with E-state index in [0.29, 0.717) is 5.92 Å². The van der Waals surface area contributed by atoms with E-state index < -0.39 is 0 Å². The van der Waals surface area contributed by atoms with Crippen LogP contribution in [0, 0.1) is 18.3 Å². The minimum Gasteiger partial charge on any atom is -0.317 e. The Morgan fingerprint density at radius 1 is 1.27 bits per heavy atom. The maximum atomic E-state index is 5.71. The molecule has 11 heavy (non-hydrogen) atoms. The SMILES string of the molecule is C#CC(N)C1CCCCC1.Cl. The summed E-state index contributed by atoms with van der Waals surface area (Å²) in [5, 5.41) is 0. The summed E-state index contributed by atoms with van der Waals surface area (Å²) in [5.74, 6) is 3.22. The van der Waals surface area contributed by atoms with Crippen LogP contribution in [-0.4, -0.2) is 6.04 Å². The lowest BCUT2D eigenvalue weighted by molar-refractivity contribution is 0.337. The first-order valence-corrected chi connectivity index (χ1v) is 4.06. The van der Waals surface area contributed by atoms with E-state index in [-0.39, 0.29) is 18.4 Å². The predicted octanol–water partition coefficient (Wildman–Crippen LogP) is 1.95. The molecule has 1 nitrogen and oxygen atoms in total. The molecule has 1 rings (SSSR count). The molecule has 0 aliphatic heterocycles. The third-order valence-corrected chi connectivity index (χ3v) is 2.35. The second kappa shape index (κ2) is 5.46. The van der Waals surface area contributed by atoms with Gasteiger partial charge in [-0.2, -0.15) is 0 Å². The molecule has 1 unspecified atom stereocenters. The van der Waals surface area contributed by atoms with E-state index in [1.165, 1.54) is 32.1 Å². The maximum absolute atomic E-state index is 5.71. The summed E-state index contributed by atoms with van der Waals surface area (Å²) in [6, 6.07) is 0.0142. The summed E-state index contributed by atoms with van der Waals surface area (Å²) in [5.41, 5.74) is 5.71. The highest BCUT2D eigenvalue weighted by molar-refractivity contribution is 5.85. The highest BCUT2D eigenvalue weighted by Crippen LogP contribution is 2.25. The maximum Gasteiger partial charge on any atom is 0.0690 e. The average Bonchev–Trinajstić information content (AvgIpc) is 2.05. The monoisotopic (exact) mass is 173 g/mol. The first-order chi connectivity index (χ1) is 4.84. The van der Waals surface area contributed by atoms with Gasteiger partial charge < -0.3 is 5.73 Å². The van der Waals surface area contributed by atoms with Crippen molar-refractivity contribution in [1.29, 1.82) is 0 Å². The van der Waals surface area contributed by atoms with Crippen LogP contribution in [0.3, 0.4) is 0 Å². The van der Waals surface area contributed by atoms with Gasteiger partial charge in [0.2, 0.25) is 0 Å². The van der Waals surface area contributed by atoms with Gasteiger partial charge in [0.15, 0.2) is 0 Å². The van der Waals surface area contributed by atoms with Gasteiger partial charge in [0.05, 0.1) is 6.04 Å². The van der Waals surface area contributed by atoms with E-state index >= 15 is 0 Å². The molecule has 64 valence electrons. The molecule has 1 fully saturated rings. The molecule has 0 amide bonds. The summed E-state index contributed by atoms with van der Waals surface area (Å²) in [4.78, 5) is 0. The van der Waals surface area contributed by atoms with Crippen molar-refractivity contribution in [2.75, 3.05) is 0 Å². The van der Waals surface area contributed by atoms with Gasteiger partial charge in [-0.15, -0.1) is 18.8 Å². The molecule has 0 spiro atoms. The summed E-state index contributed by atoms with van der Waals surface area (Å²) < 4.78 is 0. The number of halogens is 1. The van der Waals surface area contributed by atoms with Crippen molar-refractivity contribution in [2.24, 2.45) is 11.7 Å². The van der Waals surface area contributed by atoms with Gasteiger partial charge in [-0.1, -0.05) is 25.2 Å². The fourth-order valence-electron chi connectivity index (χ4n) is 1.63. The molecule has 1 aliphatic rings. The van der Waals surface area contributed by atoms with Crippen LogP contribution in [0.2, 0.25) is 0 Å². The molecular weight excluding hydrogens is 158 g/mol. The van der Waals surface area contributed by atoms with Crippen LogP contribution < -0.4 is 5.73 Å². The number of nitrogens with two attached hydrogens (primary N) is 1. The summed E-state index contributed by atoms with van der Waals surface area (Å²) in [6.45, 7) is 0. The van der Waals surface area contributed by atoms with Crippen LogP contribution in [0.15, 0.2) is 0 Å². The lowest BCUT2D eigenvalue weighted by Crippen LogP contribution is -2.29. The van der Waals surface area contributed by atoms with Crippen LogP contribution in [0.25, 0.3) is 0 Å². The Morgan fingerprint density at radius 3 is 2.27 bits per heavy atom. The van der Waals surface area contributed by atoms with Gasteiger partial charge in [0.25, 0.3) is 0 Å². The number of terminal acetylenes is 1. The first kappa shape index (κ1) is 10.8. The smallest absolute Gasteiger partial charge is 0.0690 e. The standard InChI is InChI=1S/C9H15N.ClH/c1-2-9(10)8-6-4-3-5-7-8;/h1,8-9H,3-7,10H2;1H. The first-order valence-electron chi connectivity index (χ1n) is 4.06. The Labute approximate surface area is 75.1 Å². The molecule has 2 N–H and O–H groups in total. The number of rotatable bonds is 1. The molecule has 0 heterocycles. The van der Waals surface area contributed by atoms with Gasteiger partial charge in [-0.25, -0.2) is 0 Å². The summed E-state index contributed by atoms with van der Waals surface area (Å²) in [7, 11) is 0. The molecular formula is C9H16ClN. The van der Waals surface area contributed by atoms with E-state index in [0.717, 1.165) is 0 Å². The van der Waals surface area contributed by atoms with Crippen molar-refractivity contribution in [3.05, 3.63) is 0 Å². The normalized spacial score (nSPS) is 21.5. The highest BCUT2D eigenvalue weighted by Gasteiger charge is 2.17. The van der Waals surface area contributed by atoms with Crippen molar-refractivity contribution >= 4 is 12.4 Å². The van der Waals surface area contributed by atoms with Crippen LogP contribution in [-0.2, 0) is 0 Å². The zero-order valence-electron chi connectivity index (χ0n) is 6.75. The van der Waals surface area contributed by atoms with E-state index in [1.807, 2.05) is 0 Å². The molecule has 0 aromatic heterocycles. The molecule has 1 aliphatic carbocycles. The van der Waals surface area contributed by atoms with Crippen molar-refractivity contribution < 1.29 is 0 Å². The van der Waals surface area contributed by atoms with Gasteiger partial charge in [0.1, 0.15) is 0 Å². The molecule has 2 heteroatoms. The molecule has 1 saturated carbocycles. The van der Waals surface area contributed by atoms with Crippen molar-refractivity contribution in [3.8, 4) is 12.3 Å². The lowest BCUT2D eigenvalue weighted by Gasteiger charge is -2.23. The van der Waals surface area contributed by atoms with Crippen LogP contribution in [0.1, 0.15) is 32.1 Å². The van der Waals surface area contributed by atoms with Crippen molar-refractivity contribution in [1.82, 2.24) is 0 Å². The number of hydrogen-bond acceptors (Lipinski definition) is 1. The molecule has 0 saturated heterocycles. The van der Waals surface area contributed by atoms with Gasteiger partial charge in [0, 0.05) is 0 Å². The van der Waals surface area contributed by atoms with E-state index in [4.69, 9.17) is 12.2 Å². The number of hydrogen-bond donors (Lipinski definition) is 1. The van der Waals surface area contributed by atoms with Crippen molar-refractivity contribution in [2.45, 2.75) is 38.1 Å². The Balaban J connectivity index is 0.000001000. The fourth-order valence-corrected chi connectivity index (χ4v) is 1.63. The van der Waals surface area contributed by atoms with Gasteiger partial charge >= 0.3 is 0 Å². The minimum atomic E-state index is 0. The average molecular weight is 174 g/mol. The second-order valence-corrected chi connectivity index (χ2v) is 3.09. The van der Waals surface area contributed by atoms with Crippen LogP contribution in [0.5, 0.6) is 0 Å². The Morgan fingerprint density at radius 2 is 1.82 bits per heavy atom. The zero-order chi connectivity index (χ0) is 7.40. The van der Waals surface area contributed by atoms with Crippen LogP contribution in [0.4, 0.5) is 0 Å². The van der Waals surface area contributed by atoms with E-state index in [9.17, 15) is 0 Å². The zero-order valence-corrected chi connectivity index (χ0v) is 7.57. The third-order valence-electron chi connectivity index (χ3n) is 2.35. The topological polar surface area (TPSA) is 26.0 Å². The molecule has 1 atom stereocenters. The van der Waals surface area contributed by atoms with E-state index in [2.05, 4.69) is 5.92 Å². The molecule has 0 bridgehead atoms. The third kappa shape index (κ3) is 3.14. The summed E-state index contributed by atoms with van der Waals surface area (Å²) in [6.07, 6.45) is 11.7. The molecule has 0 aromatic rings. The largest absolute Gasteiger partial charge is 0.317 e.